The smallest absolute Gasteiger partial charge is 0.176 e. The molecule has 1 saturated heterocycles. The molecule has 5 heteroatoms. The highest BCUT2D eigenvalue weighted by Crippen LogP contribution is 2.25. The summed E-state index contributed by atoms with van der Waals surface area (Å²) in [4.78, 5) is 14.2. The number of Topliss-reactive ketones (excluding diaryl/α,β-unsaturated/α-hetero) is 1. The van der Waals surface area contributed by atoms with Crippen LogP contribution in [-0.4, -0.2) is 50.6 Å². The van der Waals surface area contributed by atoms with Gasteiger partial charge in [-0.1, -0.05) is 11.6 Å². The lowest BCUT2D eigenvalue weighted by Gasteiger charge is -2.19. The Labute approximate surface area is 124 Å². The van der Waals surface area contributed by atoms with Crippen LogP contribution in [0.5, 0.6) is 5.75 Å². The minimum absolute atomic E-state index is 0.0510. The second-order valence-corrected chi connectivity index (χ2v) is 5.51. The van der Waals surface area contributed by atoms with Gasteiger partial charge in [0.1, 0.15) is 5.75 Å². The zero-order valence-electron chi connectivity index (χ0n) is 11.9. The van der Waals surface area contributed by atoms with Crippen molar-refractivity contribution in [2.45, 2.75) is 18.9 Å². The molecular formula is C15H20ClNO3. The minimum Gasteiger partial charge on any atom is -0.495 e. The lowest BCUT2D eigenvalue weighted by Crippen LogP contribution is -2.33. The molecule has 0 amide bonds. The third-order valence-electron chi connectivity index (χ3n) is 3.43. The fourth-order valence-corrected chi connectivity index (χ4v) is 2.63. The van der Waals surface area contributed by atoms with Crippen LogP contribution in [0.4, 0.5) is 0 Å². The number of carbonyl (C=O) groups is 1. The molecular weight excluding hydrogens is 278 g/mol. The lowest BCUT2D eigenvalue weighted by molar-refractivity contribution is 0.0740. The van der Waals surface area contributed by atoms with Gasteiger partial charge in [-0.25, -0.2) is 0 Å². The molecule has 1 fully saturated rings. The summed E-state index contributed by atoms with van der Waals surface area (Å²) in [6, 6.07) is 5.12. The maximum atomic E-state index is 12.2. The molecule has 1 aromatic carbocycles. The number of ketones is 1. The van der Waals surface area contributed by atoms with Crippen LogP contribution in [0.15, 0.2) is 18.2 Å². The maximum absolute atomic E-state index is 12.2. The molecule has 4 nitrogen and oxygen atoms in total. The van der Waals surface area contributed by atoms with E-state index in [0.29, 0.717) is 22.9 Å². The molecule has 0 N–H and O–H groups in total. The normalized spacial score (nSPS) is 18.5. The number of methoxy groups -OCH3 is 1. The van der Waals surface area contributed by atoms with Crippen molar-refractivity contribution in [3.05, 3.63) is 28.8 Å². The van der Waals surface area contributed by atoms with Crippen molar-refractivity contribution in [2.75, 3.05) is 33.9 Å². The van der Waals surface area contributed by atoms with E-state index in [1.807, 2.05) is 11.9 Å². The van der Waals surface area contributed by atoms with Gasteiger partial charge in [-0.15, -0.1) is 0 Å². The number of likely N-dealkylation sites (N-methyl/N-ethyl adjacent to an activating group) is 1. The summed E-state index contributed by atoms with van der Waals surface area (Å²) in [5.74, 6) is 0.631. The SMILES string of the molecule is COc1ccc(C(=O)CN(C)CC2CCCO2)cc1Cl. The number of hydrogen-bond donors (Lipinski definition) is 0. The zero-order chi connectivity index (χ0) is 14.5. The van der Waals surface area contributed by atoms with E-state index in [1.165, 1.54) is 0 Å². The predicted octanol–water partition coefficient (Wildman–Crippen LogP) is 2.64. The summed E-state index contributed by atoms with van der Waals surface area (Å²) in [6.45, 7) is 1.98. The van der Waals surface area contributed by atoms with Gasteiger partial charge in [0.2, 0.25) is 0 Å². The quantitative estimate of drug-likeness (QED) is 0.757. The molecule has 1 atom stereocenters. The van der Waals surface area contributed by atoms with Gasteiger partial charge < -0.3 is 9.47 Å². The molecule has 1 aromatic rings. The molecule has 110 valence electrons. The Morgan fingerprint density at radius 1 is 1.55 bits per heavy atom. The van der Waals surface area contributed by atoms with Crippen LogP contribution in [0.25, 0.3) is 0 Å². The highest BCUT2D eigenvalue weighted by atomic mass is 35.5. The van der Waals surface area contributed by atoms with E-state index in [9.17, 15) is 4.79 Å². The third-order valence-corrected chi connectivity index (χ3v) is 3.72. The zero-order valence-corrected chi connectivity index (χ0v) is 12.7. The first kappa shape index (κ1) is 15.3. The van der Waals surface area contributed by atoms with E-state index in [4.69, 9.17) is 21.1 Å². The van der Waals surface area contributed by atoms with E-state index in [-0.39, 0.29) is 11.9 Å². The Bertz CT molecular complexity index is 472. The molecule has 0 saturated carbocycles. The molecule has 0 bridgehead atoms. The second kappa shape index (κ2) is 7.07. The minimum atomic E-state index is 0.0510. The first-order valence-corrected chi connectivity index (χ1v) is 7.15. The third kappa shape index (κ3) is 3.95. The van der Waals surface area contributed by atoms with Gasteiger partial charge in [0, 0.05) is 18.7 Å². The standard InChI is InChI=1S/C15H20ClNO3/c1-17(9-12-4-3-7-20-12)10-14(18)11-5-6-15(19-2)13(16)8-11/h5-6,8,12H,3-4,7,9-10H2,1-2H3. The summed E-state index contributed by atoms with van der Waals surface area (Å²) in [6.07, 6.45) is 2.44. The number of hydrogen-bond acceptors (Lipinski definition) is 4. The number of ether oxygens (including phenoxy) is 2. The molecule has 1 unspecified atom stereocenters. The number of rotatable bonds is 6. The monoisotopic (exact) mass is 297 g/mol. The Morgan fingerprint density at radius 3 is 2.95 bits per heavy atom. The van der Waals surface area contributed by atoms with Crippen LogP contribution in [0.3, 0.4) is 0 Å². The molecule has 1 heterocycles. The highest BCUT2D eigenvalue weighted by molar-refractivity contribution is 6.32. The number of nitrogens with zero attached hydrogens (tertiary/aromatic N) is 1. The predicted molar refractivity (Wildman–Crippen MR) is 78.8 cm³/mol. The van der Waals surface area contributed by atoms with E-state index >= 15 is 0 Å². The summed E-state index contributed by atoms with van der Waals surface area (Å²) >= 11 is 6.04. The Hall–Kier alpha value is -1.10. The van der Waals surface area contributed by atoms with Crippen molar-refractivity contribution >= 4 is 17.4 Å². The van der Waals surface area contributed by atoms with Crippen LogP contribution in [0.1, 0.15) is 23.2 Å². The summed E-state index contributed by atoms with van der Waals surface area (Å²) in [5.41, 5.74) is 0.606. The van der Waals surface area contributed by atoms with Gasteiger partial charge in [0.05, 0.1) is 24.8 Å². The molecule has 1 aliphatic heterocycles. The summed E-state index contributed by atoms with van der Waals surface area (Å²) < 4.78 is 10.6. The van der Waals surface area contributed by atoms with Crippen LogP contribution in [0.2, 0.25) is 5.02 Å². The Kier molecular flexibility index (Phi) is 5.40. The molecule has 20 heavy (non-hydrogen) atoms. The van der Waals surface area contributed by atoms with Gasteiger partial charge in [0.15, 0.2) is 5.78 Å². The lowest BCUT2D eigenvalue weighted by atomic mass is 10.1. The number of halogens is 1. The second-order valence-electron chi connectivity index (χ2n) is 5.10. The van der Waals surface area contributed by atoms with Crippen molar-refractivity contribution < 1.29 is 14.3 Å². The van der Waals surface area contributed by atoms with Crippen molar-refractivity contribution in [3.8, 4) is 5.75 Å². The number of benzene rings is 1. The largest absolute Gasteiger partial charge is 0.495 e. The van der Waals surface area contributed by atoms with Gasteiger partial charge >= 0.3 is 0 Å². The Morgan fingerprint density at radius 2 is 2.35 bits per heavy atom. The van der Waals surface area contributed by atoms with Crippen LogP contribution in [-0.2, 0) is 4.74 Å². The fourth-order valence-electron chi connectivity index (χ4n) is 2.38. The van der Waals surface area contributed by atoms with Crippen LogP contribution >= 0.6 is 11.6 Å². The number of carbonyl (C=O) groups excluding carboxylic acids is 1. The van der Waals surface area contributed by atoms with Gasteiger partial charge in [-0.3, -0.25) is 9.69 Å². The van der Waals surface area contributed by atoms with Gasteiger partial charge in [-0.2, -0.15) is 0 Å². The maximum Gasteiger partial charge on any atom is 0.176 e. The van der Waals surface area contributed by atoms with Crippen LogP contribution < -0.4 is 4.74 Å². The van der Waals surface area contributed by atoms with E-state index in [2.05, 4.69) is 0 Å². The molecule has 0 spiro atoms. The summed E-state index contributed by atoms with van der Waals surface area (Å²) in [7, 11) is 3.49. The average molecular weight is 298 g/mol. The Balaban J connectivity index is 1.91. The van der Waals surface area contributed by atoms with Gasteiger partial charge in [-0.05, 0) is 38.1 Å². The van der Waals surface area contributed by atoms with Crippen molar-refractivity contribution in [3.63, 3.8) is 0 Å². The molecule has 2 rings (SSSR count). The van der Waals surface area contributed by atoms with Gasteiger partial charge in [0.25, 0.3) is 0 Å². The first-order chi connectivity index (χ1) is 9.60. The molecule has 0 radical (unpaired) electrons. The molecule has 0 aliphatic carbocycles. The van der Waals surface area contributed by atoms with Crippen molar-refractivity contribution in [1.82, 2.24) is 4.90 Å². The van der Waals surface area contributed by atoms with Crippen molar-refractivity contribution in [1.29, 1.82) is 0 Å². The first-order valence-electron chi connectivity index (χ1n) is 6.77. The van der Waals surface area contributed by atoms with Crippen LogP contribution in [0, 0.1) is 0 Å². The topological polar surface area (TPSA) is 38.8 Å². The molecule has 0 aromatic heterocycles. The van der Waals surface area contributed by atoms with E-state index in [1.54, 1.807) is 25.3 Å². The summed E-state index contributed by atoms with van der Waals surface area (Å²) in [5, 5.41) is 0.458. The van der Waals surface area contributed by atoms with E-state index < -0.39 is 0 Å². The molecule has 1 aliphatic rings. The van der Waals surface area contributed by atoms with E-state index in [0.717, 1.165) is 26.0 Å². The highest BCUT2D eigenvalue weighted by Gasteiger charge is 2.19. The average Bonchev–Trinajstić information content (AvgIpc) is 2.91. The van der Waals surface area contributed by atoms with Crippen molar-refractivity contribution in [2.24, 2.45) is 0 Å². The fraction of sp³-hybridized carbons (Fsp3) is 0.533.